The van der Waals surface area contributed by atoms with E-state index in [0.717, 1.165) is 14.7 Å². The molecule has 29 heavy (non-hydrogen) atoms. The SMILES string of the molecule is CCOc1cc(/C=C2\SC(=S)N(CC)C2=O)cc(I)c1OCc1ccc(I)cc1. The molecular weight excluding hydrogens is 632 g/mol. The molecule has 0 unspecified atom stereocenters. The third kappa shape index (κ3) is 5.65. The number of rotatable bonds is 7. The minimum atomic E-state index is -0.0468. The van der Waals surface area contributed by atoms with Gasteiger partial charge in [-0.3, -0.25) is 9.69 Å². The fourth-order valence-electron chi connectivity index (χ4n) is 2.73. The van der Waals surface area contributed by atoms with Crippen molar-refractivity contribution in [1.29, 1.82) is 0 Å². The molecule has 1 heterocycles. The molecule has 1 aliphatic heterocycles. The Hall–Kier alpha value is -0.850. The van der Waals surface area contributed by atoms with Gasteiger partial charge in [-0.2, -0.15) is 0 Å². The predicted molar refractivity (Wildman–Crippen MR) is 139 cm³/mol. The number of likely N-dealkylation sites (N-methyl/N-ethyl adjacent to an activating group) is 1. The third-order valence-electron chi connectivity index (χ3n) is 4.12. The molecule has 1 saturated heterocycles. The van der Waals surface area contributed by atoms with Crippen molar-refractivity contribution in [3.63, 3.8) is 0 Å². The number of thiocarbonyl (C=S) groups is 1. The lowest BCUT2D eigenvalue weighted by atomic mass is 10.1. The average molecular weight is 651 g/mol. The van der Waals surface area contributed by atoms with E-state index >= 15 is 0 Å². The first-order chi connectivity index (χ1) is 13.9. The van der Waals surface area contributed by atoms with Gasteiger partial charge in [-0.05, 0) is 100 Å². The number of ether oxygens (including phenoxy) is 2. The van der Waals surface area contributed by atoms with Crippen LogP contribution in [0.25, 0.3) is 6.08 Å². The Labute approximate surface area is 207 Å². The van der Waals surface area contributed by atoms with E-state index < -0.39 is 0 Å². The van der Waals surface area contributed by atoms with E-state index in [2.05, 4.69) is 69.4 Å². The summed E-state index contributed by atoms with van der Waals surface area (Å²) in [7, 11) is 0. The van der Waals surface area contributed by atoms with Crippen LogP contribution in [-0.4, -0.2) is 28.3 Å². The normalized spacial score (nSPS) is 15.3. The van der Waals surface area contributed by atoms with E-state index in [1.165, 1.54) is 15.3 Å². The van der Waals surface area contributed by atoms with Gasteiger partial charge in [0.1, 0.15) is 10.9 Å². The van der Waals surface area contributed by atoms with Crippen molar-refractivity contribution in [2.24, 2.45) is 0 Å². The second kappa shape index (κ2) is 10.5. The van der Waals surface area contributed by atoms with Crippen LogP contribution in [0, 0.1) is 7.14 Å². The molecule has 0 aromatic heterocycles. The smallest absolute Gasteiger partial charge is 0.266 e. The van der Waals surface area contributed by atoms with Crippen LogP contribution in [-0.2, 0) is 11.4 Å². The Kier molecular flexibility index (Phi) is 8.23. The Morgan fingerprint density at radius 3 is 2.48 bits per heavy atom. The Bertz CT molecular complexity index is 961. The van der Waals surface area contributed by atoms with E-state index in [0.29, 0.717) is 40.5 Å². The summed E-state index contributed by atoms with van der Waals surface area (Å²) in [6.07, 6.45) is 1.86. The summed E-state index contributed by atoms with van der Waals surface area (Å²) in [6, 6.07) is 12.1. The number of halogens is 2. The molecule has 1 fully saturated rings. The summed E-state index contributed by atoms with van der Waals surface area (Å²) >= 11 is 11.2. The topological polar surface area (TPSA) is 38.8 Å². The van der Waals surface area contributed by atoms with Crippen molar-refractivity contribution >= 4 is 85.5 Å². The van der Waals surface area contributed by atoms with Crippen LogP contribution >= 0.6 is 69.2 Å². The number of benzene rings is 2. The van der Waals surface area contributed by atoms with Crippen molar-refractivity contribution in [3.8, 4) is 11.5 Å². The molecule has 8 heteroatoms. The zero-order valence-corrected chi connectivity index (χ0v) is 21.9. The summed E-state index contributed by atoms with van der Waals surface area (Å²) in [5.41, 5.74) is 1.98. The third-order valence-corrected chi connectivity index (χ3v) is 7.01. The monoisotopic (exact) mass is 651 g/mol. The highest BCUT2D eigenvalue weighted by Gasteiger charge is 2.30. The van der Waals surface area contributed by atoms with E-state index in [4.69, 9.17) is 21.7 Å². The Balaban J connectivity index is 1.86. The molecule has 0 bridgehead atoms. The molecule has 0 atom stereocenters. The van der Waals surface area contributed by atoms with Crippen LogP contribution in [0.15, 0.2) is 41.3 Å². The lowest BCUT2D eigenvalue weighted by Gasteiger charge is -2.15. The number of carbonyl (C=O) groups excluding carboxylic acids is 1. The van der Waals surface area contributed by atoms with Crippen molar-refractivity contribution in [3.05, 3.63) is 59.6 Å². The van der Waals surface area contributed by atoms with Crippen LogP contribution < -0.4 is 9.47 Å². The van der Waals surface area contributed by atoms with Crippen LogP contribution in [0.5, 0.6) is 11.5 Å². The second-order valence-corrected chi connectivity index (χ2v) is 10.2. The molecule has 3 rings (SSSR count). The van der Waals surface area contributed by atoms with Gasteiger partial charge < -0.3 is 9.47 Å². The quantitative estimate of drug-likeness (QED) is 0.206. The average Bonchev–Trinajstić information content (AvgIpc) is 2.95. The fraction of sp³-hybridized carbons (Fsp3) is 0.238. The molecule has 1 aliphatic rings. The molecule has 0 spiro atoms. The maximum Gasteiger partial charge on any atom is 0.266 e. The maximum absolute atomic E-state index is 12.5. The molecule has 0 aliphatic carbocycles. The summed E-state index contributed by atoms with van der Waals surface area (Å²) < 4.78 is 14.6. The zero-order chi connectivity index (χ0) is 21.0. The number of amides is 1. The maximum atomic E-state index is 12.5. The summed E-state index contributed by atoms with van der Waals surface area (Å²) in [5.74, 6) is 1.33. The highest BCUT2D eigenvalue weighted by Crippen LogP contribution is 2.38. The van der Waals surface area contributed by atoms with Crippen LogP contribution in [0.1, 0.15) is 25.0 Å². The molecule has 0 radical (unpaired) electrons. The number of nitrogens with zero attached hydrogens (tertiary/aromatic N) is 1. The molecule has 2 aromatic carbocycles. The van der Waals surface area contributed by atoms with Crippen molar-refractivity contribution < 1.29 is 14.3 Å². The molecule has 152 valence electrons. The fourth-order valence-corrected chi connectivity index (χ4v) is 5.26. The van der Waals surface area contributed by atoms with E-state index in [-0.39, 0.29) is 5.91 Å². The molecule has 4 nitrogen and oxygen atoms in total. The largest absolute Gasteiger partial charge is 0.490 e. The molecule has 1 amide bonds. The Morgan fingerprint density at radius 1 is 1.14 bits per heavy atom. The van der Waals surface area contributed by atoms with Crippen molar-refractivity contribution in [2.75, 3.05) is 13.2 Å². The first-order valence-corrected chi connectivity index (χ1v) is 12.4. The van der Waals surface area contributed by atoms with Gasteiger partial charge in [-0.1, -0.05) is 36.1 Å². The Morgan fingerprint density at radius 2 is 1.86 bits per heavy atom. The first kappa shape index (κ1) is 22.8. The van der Waals surface area contributed by atoms with Gasteiger partial charge in [0.2, 0.25) is 0 Å². The van der Waals surface area contributed by atoms with Crippen LogP contribution in [0.4, 0.5) is 0 Å². The number of carbonyl (C=O) groups is 1. The van der Waals surface area contributed by atoms with E-state index in [9.17, 15) is 4.79 Å². The minimum Gasteiger partial charge on any atom is -0.490 e. The van der Waals surface area contributed by atoms with Gasteiger partial charge in [0, 0.05) is 10.1 Å². The van der Waals surface area contributed by atoms with Crippen LogP contribution in [0.3, 0.4) is 0 Å². The summed E-state index contributed by atoms with van der Waals surface area (Å²) in [4.78, 5) is 14.7. The highest BCUT2D eigenvalue weighted by molar-refractivity contribution is 14.1. The minimum absolute atomic E-state index is 0.0468. The van der Waals surface area contributed by atoms with Gasteiger partial charge >= 0.3 is 0 Å². The molecule has 0 N–H and O–H groups in total. The number of hydrogen-bond acceptors (Lipinski definition) is 5. The van der Waals surface area contributed by atoms with Gasteiger partial charge in [0.15, 0.2) is 11.5 Å². The predicted octanol–water partition coefficient (Wildman–Crippen LogP) is 6.09. The second-order valence-electron chi connectivity index (χ2n) is 6.10. The lowest BCUT2D eigenvalue weighted by Crippen LogP contribution is -2.27. The summed E-state index contributed by atoms with van der Waals surface area (Å²) in [5, 5.41) is 0. The molecule has 2 aromatic rings. The van der Waals surface area contributed by atoms with Gasteiger partial charge in [-0.25, -0.2) is 0 Å². The highest BCUT2D eigenvalue weighted by atomic mass is 127. The van der Waals surface area contributed by atoms with E-state index in [1.807, 2.05) is 32.1 Å². The van der Waals surface area contributed by atoms with Crippen molar-refractivity contribution in [2.45, 2.75) is 20.5 Å². The van der Waals surface area contributed by atoms with Gasteiger partial charge in [-0.15, -0.1) is 0 Å². The first-order valence-electron chi connectivity index (χ1n) is 9.01. The van der Waals surface area contributed by atoms with Crippen LogP contribution in [0.2, 0.25) is 0 Å². The number of thioether (sulfide) groups is 1. The number of hydrogen-bond donors (Lipinski definition) is 0. The standard InChI is InChI=1S/C21H19I2NO3S2/c1-3-24-20(25)18(29-21(24)28)11-14-9-16(23)19(17(10-14)26-4-2)27-12-13-5-7-15(22)8-6-13/h5-11H,3-4,12H2,1-2H3/b18-11-. The summed E-state index contributed by atoms with van der Waals surface area (Å²) in [6.45, 7) is 5.42. The lowest BCUT2D eigenvalue weighted by molar-refractivity contribution is -0.121. The van der Waals surface area contributed by atoms with Gasteiger partial charge in [0.25, 0.3) is 5.91 Å². The molecule has 0 saturated carbocycles. The zero-order valence-electron chi connectivity index (χ0n) is 15.9. The van der Waals surface area contributed by atoms with Gasteiger partial charge in [0.05, 0.1) is 15.1 Å². The molecular formula is C21H19I2NO3S2. The van der Waals surface area contributed by atoms with E-state index in [1.54, 1.807) is 4.90 Å². The van der Waals surface area contributed by atoms with Crippen molar-refractivity contribution in [1.82, 2.24) is 4.90 Å².